The van der Waals surface area contributed by atoms with E-state index in [4.69, 9.17) is 0 Å². The lowest BCUT2D eigenvalue weighted by molar-refractivity contribution is -0.126. The molecule has 0 aromatic rings. The molecule has 0 aromatic carbocycles. The van der Waals surface area contributed by atoms with Gasteiger partial charge in [0.05, 0.1) is 0 Å². The molecule has 0 saturated carbocycles. The lowest BCUT2D eigenvalue weighted by Crippen LogP contribution is -2.32. The Labute approximate surface area is 123 Å². The van der Waals surface area contributed by atoms with Gasteiger partial charge in [0.25, 0.3) is 0 Å². The third-order valence-corrected chi connectivity index (χ3v) is 4.11. The number of allylic oxidation sites excluding steroid dienone is 2. The van der Waals surface area contributed by atoms with Gasteiger partial charge in [0.15, 0.2) is 0 Å². The zero-order valence-corrected chi connectivity index (χ0v) is 13.4. The third-order valence-electron chi connectivity index (χ3n) is 4.11. The van der Waals surface area contributed by atoms with Gasteiger partial charge in [-0.3, -0.25) is 4.79 Å². The molecule has 1 rings (SSSR count). The van der Waals surface area contributed by atoms with E-state index >= 15 is 0 Å². The van der Waals surface area contributed by atoms with Gasteiger partial charge in [-0.1, -0.05) is 31.9 Å². The molecular formula is C17H28N2O. The summed E-state index contributed by atoms with van der Waals surface area (Å²) >= 11 is 0. The lowest BCUT2D eigenvalue weighted by atomic mass is 9.78. The summed E-state index contributed by atoms with van der Waals surface area (Å²) in [5.74, 6) is 1.08. The van der Waals surface area contributed by atoms with Gasteiger partial charge >= 0.3 is 0 Å². The fourth-order valence-electron chi connectivity index (χ4n) is 2.63. The smallest absolute Gasteiger partial charge is 0.137 e. The van der Waals surface area contributed by atoms with E-state index in [0.29, 0.717) is 5.78 Å². The Morgan fingerprint density at radius 3 is 2.65 bits per heavy atom. The summed E-state index contributed by atoms with van der Waals surface area (Å²) in [7, 11) is 0. The first kappa shape index (κ1) is 16.7. The van der Waals surface area contributed by atoms with E-state index in [1.165, 1.54) is 5.57 Å². The Bertz CT molecular complexity index is 419. The van der Waals surface area contributed by atoms with Gasteiger partial charge in [0, 0.05) is 24.7 Å². The quantitative estimate of drug-likeness (QED) is 0.659. The van der Waals surface area contributed by atoms with Gasteiger partial charge in [-0.2, -0.15) is 0 Å². The zero-order chi connectivity index (χ0) is 15.2. The summed E-state index contributed by atoms with van der Waals surface area (Å²) < 4.78 is 0. The summed E-state index contributed by atoms with van der Waals surface area (Å²) in [6.45, 7) is 13.7. The predicted octanol–water partition coefficient (Wildman–Crippen LogP) is 3.97. The van der Waals surface area contributed by atoms with Crippen LogP contribution in [0.2, 0.25) is 0 Å². The number of rotatable bonds is 7. The van der Waals surface area contributed by atoms with Crippen LogP contribution in [0.25, 0.3) is 0 Å². The maximum atomic E-state index is 12.0. The summed E-state index contributed by atoms with van der Waals surface area (Å²) in [5, 5.41) is 0. The molecule has 3 nitrogen and oxygen atoms in total. The first-order valence-electron chi connectivity index (χ1n) is 7.54. The maximum Gasteiger partial charge on any atom is 0.137 e. The molecule has 1 saturated heterocycles. The molecule has 0 N–H and O–H groups in total. The van der Waals surface area contributed by atoms with Crippen LogP contribution in [0.15, 0.2) is 29.0 Å². The second-order valence-corrected chi connectivity index (χ2v) is 6.05. The molecule has 1 unspecified atom stereocenters. The second kappa shape index (κ2) is 7.41. The fraction of sp³-hybridized carbons (Fsp3) is 0.647. The van der Waals surface area contributed by atoms with Crippen molar-refractivity contribution < 1.29 is 4.79 Å². The predicted molar refractivity (Wildman–Crippen MR) is 85.9 cm³/mol. The summed E-state index contributed by atoms with van der Waals surface area (Å²) in [5.41, 5.74) is 1.04. The number of carbonyl (C=O) groups is 1. The number of Topliss-reactive ketones (excluding diaryl/α,β-unsaturated/α-hetero) is 1. The lowest BCUT2D eigenvalue weighted by Gasteiger charge is -2.27. The van der Waals surface area contributed by atoms with Crippen LogP contribution >= 0.6 is 0 Å². The van der Waals surface area contributed by atoms with Crippen molar-refractivity contribution in [1.82, 2.24) is 4.90 Å². The number of hydrogen-bond acceptors (Lipinski definition) is 3. The van der Waals surface area contributed by atoms with Crippen molar-refractivity contribution in [2.45, 2.75) is 53.4 Å². The minimum atomic E-state index is -0.176. The topological polar surface area (TPSA) is 32.7 Å². The Kier molecular flexibility index (Phi) is 6.18. The van der Waals surface area contributed by atoms with Crippen LogP contribution in [0.5, 0.6) is 0 Å². The molecule has 1 fully saturated rings. The van der Waals surface area contributed by atoms with Crippen LogP contribution in [0.4, 0.5) is 0 Å². The van der Waals surface area contributed by atoms with Crippen LogP contribution in [0.3, 0.4) is 0 Å². The molecule has 1 atom stereocenters. The second-order valence-electron chi connectivity index (χ2n) is 6.05. The van der Waals surface area contributed by atoms with Crippen LogP contribution < -0.4 is 0 Å². The first-order valence-corrected chi connectivity index (χ1v) is 7.54. The molecular weight excluding hydrogens is 248 g/mol. The van der Waals surface area contributed by atoms with Gasteiger partial charge in [-0.05, 0) is 39.7 Å². The van der Waals surface area contributed by atoms with Crippen molar-refractivity contribution in [2.75, 3.05) is 13.1 Å². The van der Waals surface area contributed by atoms with E-state index in [0.717, 1.165) is 44.6 Å². The number of ketones is 1. The Hall–Kier alpha value is -1.38. The van der Waals surface area contributed by atoms with Crippen LogP contribution in [0.1, 0.15) is 53.4 Å². The number of carbonyl (C=O) groups excluding carboxylic acids is 1. The SMILES string of the molecule is C=C(/N=C\C=C(C)C)N1CCC(CCCC)(C(C)=O)C1. The Morgan fingerprint density at radius 1 is 1.40 bits per heavy atom. The van der Waals surface area contributed by atoms with E-state index in [1.54, 1.807) is 13.1 Å². The Morgan fingerprint density at radius 2 is 2.10 bits per heavy atom. The Balaban J connectivity index is 2.68. The minimum Gasteiger partial charge on any atom is -0.356 e. The van der Waals surface area contributed by atoms with E-state index in [1.807, 2.05) is 19.9 Å². The number of aliphatic imine (C=N–C) groups is 1. The van der Waals surface area contributed by atoms with Crippen molar-refractivity contribution in [3.63, 3.8) is 0 Å². The summed E-state index contributed by atoms with van der Waals surface area (Å²) in [4.78, 5) is 18.6. The van der Waals surface area contributed by atoms with Gasteiger partial charge in [0.2, 0.25) is 0 Å². The molecule has 1 heterocycles. The van der Waals surface area contributed by atoms with E-state index in [9.17, 15) is 4.79 Å². The van der Waals surface area contributed by atoms with Crippen molar-refractivity contribution >= 4 is 12.0 Å². The van der Waals surface area contributed by atoms with Crippen LogP contribution in [0, 0.1) is 5.41 Å². The number of unbranched alkanes of at least 4 members (excludes halogenated alkanes) is 1. The van der Waals surface area contributed by atoms with Crippen molar-refractivity contribution in [3.8, 4) is 0 Å². The zero-order valence-electron chi connectivity index (χ0n) is 13.4. The van der Waals surface area contributed by atoms with Crippen molar-refractivity contribution in [2.24, 2.45) is 10.4 Å². The molecule has 112 valence electrons. The highest BCUT2D eigenvalue weighted by Gasteiger charge is 2.41. The number of likely N-dealkylation sites (tertiary alicyclic amines) is 1. The number of hydrogen-bond donors (Lipinski definition) is 0. The number of nitrogens with zero attached hydrogens (tertiary/aromatic N) is 2. The fourth-order valence-corrected chi connectivity index (χ4v) is 2.63. The molecule has 1 aliphatic heterocycles. The molecule has 0 bridgehead atoms. The largest absolute Gasteiger partial charge is 0.356 e. The van der Waals surface area contributed by atoms with Gasteiger partial charge in [0.1, 0.15) is 11.6 Å². The van der Waals surface area contributed by atoms with Crippen LogP contribution in [-0.4, -0.2) is 30.0 Å². The minimum absolute atomic E-state index is 0.176. The van der Waals surface area contributed by atoms with E-state index in [2.05, 4.69) is 23.4 Å². The van der Waals surface area contributed by atoms with Crippen molar-refractivity contribution in [3.05, 3.63) is 24.0 Å². The molecule has 0 aromatic heterocycles. The molecule has 0 radical (unpaired) electrons. The van der Waals surface area contributed by atoms with Crippen molar-refractivity contribution in [1.29, 1.82) is 0 Å². The molecule has 0 spiro atoms. The molecule has 0 aliphatic carbocycles. The highest BCUT2D eigenvalue weighted by atomic mass is 16.1. The molecule has 3 heteroatoms. The van der Waals surface area contributed by atoms with Gasteiger partial charge in [-0.25, -0.2) is 4.99 Å². The standard InChI is InChI=1S/C17H28N2O/c1-6-7-9-17(15(4)20)10-12-19(13-17)16(5)18-11-8-14(2)3/h8,11H,5-7,9-10,12-13H2,1-4H3/b18-11-. The van der Waals surface area contributed by atoms with Crippen LogP contribution in [-0.2, 0) is 4.79 Å². The monoisotopic (exact) mass is 276 g/mol. The van der Waals surface area contributed by atoms with Gasteiger partial charge in [-0.15, -0.1) is 0 Å². The average Bonchev–Trinajstić information content (AvgIpc) is 2.81. The highest BCUT2D eigenvalue weighted by molar-refractivity contribution is 5.83. The van der Waals surface area contributed by atoms with Gasteiger partial charge < -0.3 is 4.90 Å². The van der Waals surface area contributed by atoms with E-state index in [-0.39, 0.29) is 5.41 Å². The molecule has 20 heavy (non-hydrogen) atoms. The first-order chi connectivity index (χ1) is 9.41. The summed E-state index contributed by atoms with van der Waals surface area (Å²) in [6.07, 6.45) is 7.92. The third kappa shape index (κ3) is 4.32. The maximum absolute atomic E-state index is 12.0. The molecule has 1 aliphatic rings. The van der Waals surface area contributed by atoms with E-state index < -0.39 is 0 Å². The molecule has 0 amide bonds. The normalized spacial score (nSPS) is 22.3. The summed E-state index contributed by atoms with van der Waals surface area (Å²) in [6, 6.07) is 0. The highest BCUT2D eigenvalue weighted by Crippen LogP contribution is 2.38. The average molecular weight is 276 g/mol.